The number of hydrogen-bond donors (Lipinski definition) is 1. The fourth-order valence-corrected chi connectivity index (χ4v) is 5.33. The van der Waals surface area contributed by atoms with E-state index in [1.54, 1.807) is 11.0 Å². The van der Waals surface area contributed by atoms with Crippen LogP contribution in [0.4, 0.5) is 26.2 Å². The van der Waals surface area contributed by atoms with E-state index in [2.05, 4.69) is 20.3 Å². The Bertz CT molecular complexity index is 1230. The lowest BCUT2D eigenvalue weighted by Crippen LogP contribution is -2.39. The standard InChI is InChI=1S/C23H28F2N6O3S/c1-35(33,34)16-14-17(30-10-5-22(3-4-22)6-11-30)19(27-15-16)20(32)29-21-26-9-2-18(28-21)31-12-7-23(24,25)8-13-31/h2,9,14-15H,3-8,10-13H2,1H3,(H,26,28,29,32). The van der Waals surface area contributed by atoms with Crippen LogP contribution in [0.1, 0.15) is 49.0 Å². The molecular formula is C23H28F2N6O3S. The third kappa shape index (κ3) is 5.21. The number of pyridine rings is 1. The van der Waals surface area contributed by atoms with Gasteiger partial charge in [-0.25, -0.2) is 27.2 Å². The SMILES string of the molecule is CS(=O)(=O)c1cnc(C(=O)Nc2nccc(N3CCC(F)(F)CC3)n2)c(N2CCC3(CC2)CC3)c1. The molecule has 0 bridgehead atoms. The van der Waals surface area contributed by atoms with Crippen LogP contribution in [0.2, 0.25) is 0 Å². The summed E-state index contributed by atoms with van der Waals surface area (Å²) in [7, 11) is -3.51. The van der Waals surface area contributed by atoms with Gasteiger partial charge in [-0.1, -0.05) is 0 Å². The molecule has 4 heterocycles. The van der Waals surface area contributed by atoms with Gasteiger partial charge in [0.2, 0.25) is 5.95 Å². The number of rotatable bonds is 5. The van der Waals surface area contributed by atoms with E-state index in [1.807, 2.05) is 4.90 Å². The largest absolute Gasteiger partial charge is 0.370 e. The summed E-state index contributed by atoms with van der Waals surface area (Å²) in [4.78, 5) is 29.7. The number of hydrogen-bond acceptors (Lipinski definition) is 8. The minimum Gasteiger partial charge on any atom is -0.370 e. The van der Waals surface area contributed by atoms with Crippen molar-refractivity contribution < 1.29 is 22.0 Å². The molecule has 3 aliphatic rings. The highest BCUT2D eigenvalue weighted by Crippen LogP contribution is 2.54. The van der Waals surface area contributed by atoms with Crippen molar-refractivity contribution in [3.63, 3.8) is 0 Å². The smallest absolute Gasteiger partial charge is 0.278 e. The molecule has 2 aromatic heterocycles. The topological polar surface area (TPSA) is 108 Å². The van der Waals surface area contributed by atoms with Crippen molar-refractivity contribution in [1.82, 2.24) is 15.0 Å². The molecule has 2 aromatic rings. The Morgan fingerprint density at radius 1 is 1.00 bits per heavy atom. The molecule has 2 saturated heterocycles. The Kier molecular flexibility index (Phi) is 5.89. The van der Waals surface area contributed by atoms with Gasteiger partial charge in [-0.2, -0.15) is 4.98 Å². The molecule has 5 rings (SSSR count). The Hall–Kier alpha value is -2.89. The molecule has 188 valence electrons. The first-order valence-corrected chi connectivity index (χ1v) is 13.7. The summed E-state index contributed by atoms with van der Waals surface area (Å²) in [6.07, 6.45) is 7.69. The third-order valence-electron chi connectivity index (χ3n) is 7.29. The Morgan fingerprint density at radius 2 is 1.66 bits per heavy atom. The van der Waals surface area contributed by atoms with E-state index in [9.17, 15) is 22.0 Å². The van der Waals surface area contributed by atoms with Crippen molar-refractivity contribution >= 4 is 33.2 Å². The van der Waals surface area contributed by atoms with Crippen LogP contribution >= 0.6 is 0 Å². The zero-order chi connectivity index (χ0) is 24.8. The van der Waals surface area contributed by atoms with Gasteiger partial charge >= 0.3 is 0 Å². The summed E-state index contributed by atoms with van der Waals surface area (Å²) in [5.41, 5.74) is 0.971. The van der Waals surface area contributed by atoms with Gasteiger partial charge in [0.1, 0.15) is 5.82 Å². The normalized spacial score (nSPS) is 21.1. The summed E-state index contributed by atoms with van der Waals surface area (Å²) in [5, 5.41) is 2.65. The first-order valence-electron chi connectivity index (χ1n) is 11.8. The van der Waals surface area contributed by atoms with Crippen LogP contribution in [0.5, 0.6) is 0 Å². The molecule has 9 nitrogen and oxygen atoms in total. The molecule has 0 radical (unpaired) electrons. The number of piperidine rings is 2. The number of aromatic nitrogens is 3. The van der Waals surface area contributed by atoms with E-state index in [-0.39, 0.29) is 42.5 Å². The molecule has 12 heteroatoms. The molecule has 0 atom stereocenters. The van der Waals surface area contributed by atoms with Crippen LogP contribution in [0.25, 0.3) is 0 Å². The van der Waals surface area contributed by atoms with Gasteiger partial charge in [-0.3, -0.25) is 10.1 Å². The number of carbonyl (C=O) groups excluding carboxylic acids is 1. The van der Waals surface area contributed by atoms with Crippen LogP contribution in [-0.2, 0) is 9.84 Å². The molecule has 1 saturated carbocycles. The van der Waals surface area contributed by atoms with E-state index >= 15 is 0 Å². The van der Waals surface area contributed by atoms with Gasteiger partial charge in [0, 0.05) is 57.7 Å². The second-order valence-corrected chi connectivity index (χ2v) is 11.8. The summed E-state index contributed by atoms with van der Waals surface area (Å²) in [5.74, 6) is -2.75. The predicted octanol–water partition coefficient (Wildman–Crippen LogP) is 3.14. The average molecular weight is 507 g/mol. The Balaban J connectivity index is 1.37. The van der Waals surface area contributed by atoms with Crippen molar-refractivity contribution in [1.29, 1.82) is 0 Å². The van der Waals surface area contributed by atoms with E-state index in [4.69, 9.17) is 0 Å². The number of amides is 1. The van der Waals surface area contributed by atoms with Gasteiger partial charge in [-0.15, -0.1) is 0 Å². The first-order chi connectivity index (χ1) is 16.5. The van der Waals surface area contributed by atoms with Gasteiger partial charge in [-0.05, 0) is 43.2 Å². The zero-order valence-electron chi connectivity index (χ0n) is 19.5. The quantitative estimate of drug-likeness (QED) is 0.659. The molecule has 2 aliphatic heterocycles. The first kappa shape index (κ1) is 23.8. The van der Waals surface area contributed by atoms with Crippen molar-refractivity contribution in [2.75, 3.05) is 47.6 Å². The second-order valence-electron chi connectivity index (χ2n) is 9.83. The van der Waals surface area contributed by atoms with Gasteiger partial charge < -0.3 is 9.80 Å². The van der Waals surface area contributed by atoms with Crippen LogP contribution in [-0.4, -0.2) is 67.6 Å². The molecule has 3 fully saturated rings. The highest BCUT2D eigenvalue weighted by atomic mass is 32.2. The minimum absolute atomic E-state index is 0.0281. The van der Waals surface area contributed by atoms with Gasteiger partial charge in [0.05, 0.1) is 10.6 Å². The molecular weight excluding hydrogens is 478 g/mol. The van der Waals surface area contributed by atoms with Crippen LogP contribution < -0.4 is 15.1 Å². The van der Waals surface area contributed by atoms with E-state index < -0.39 is 21.7 Å². The van der Waals surface area contributed by atoms with E-state index in [1.165, 1.54) is 31.3 Å². The summed E-state index contributed by atoms with van der Waals surface area (Å²) >= 11 is 0. The molecule has 1 spiro atoms. The van der Waals surface area contributed by atoms with Crippen molar-refractivity contribution in [3.8, 4) is 0 Å². The number of carbonyl (C=O) groups is 1. The number of halogens is 2. The molecule has 35 heavy (non-hydrogen) atoms. The van der Waals surface area contributed by atoms with Crippen molar-refractivity contribution in [3.05, 3.63) is 30.2 Å². The van der Waals surface area contributed by atoms with Crippen LogP contribution in [0.15, 0.2) is 29.4 Å². The summed E-state index contributed by atoms with van der Waals surface area (Å²) in [6, 6.07) is 3.12. The van der Waals surface area contributed by atoms with Crippen molar-refractivity contribution in [2.24, 2.45) is 5.41 Å². The molecule has 1 amide bonds. The van der Waals surface area contributed by atoms with Gasteiger partial charge in [0.15, 0.2) is 15.5 Å². The summed E-state index contributed by atoms with van der Waals surface area (Å²) in [6.45, 7) is 1.76. The van der Waals surface area contributed by atoms with Crippen molar-refractivity contribution in [2.45, 2.75) is 49.3 Å². The van der Waals surface area contributed by atoms with E-state index in [0.29, 0.717) is 16.9 Å². The maximum atomic E-state index is 13.5. The molecule has 1 aliphatic carbocycles. The monoisotopic (exact) mass is 506 g/mol. The lowest BCUT2D eigenvalue weighted by Gasteiger charge is -2.34. The Labute approximate surface area is 202 Å². The fraction of sp³-hybridized carbons (Fsp3) is 0.565. The molecule has 0 unspecified atom stereocenters. The van der Waals surface area contributed by atoms with E-state index in [0.717, 1.165) is 32.2 Å². The van der Waals surface area contributed by atoms with Gasteiger partial charge in [0.25, 0.3) is 11.8 Å². The number of anilines is 3. The number of nitrogens with zero attached hydrogens (tertiary/aromatic N) is 5. The molecule has 1 N–H and O–H groups in total. The number of nitrogens with one attached hydrogen (secondary N) is 1. The zero-order valence-corrected chi connectivity index (χ0v) is 20.3. The minimum atomic E-state index is -3.51. The average Bonchev–Trinajstić information content (AvgIpc) is 3.57. The molecule has 0 aromatic carbocycles. The summed E-state index contributed by atoms with van der Waals surface area (Å²) < 4.78 is 51.3. The fourth-order valence-electron chi connectivity index (χ4n) is 4.76. The highest BCUT2D eigenvalue weighted by molar-refractivity contribution is 7.90. The lowest BCUT2D eigenvalue weighted by atomic mass is 9.93. The third-order valence-corrected chi connectivity index (χ3v) is 8.37. The second kappa shape index (κ2) is 8.65. The number of sulfone groups is 1. The highest BCUT2D eigenvalue weighted by Gasteiger charge is 2.45. The predicted molar refractivity (Wildman–Crippen MR) is 127 cm³/mol. The van der Waals surface area contributed by atoms with Crippen LogP contribution in [0.3, 0.4) is 0 Å². The lowest BCUT2D eigenvalue weighted by molar-refractivity contribution is -0.0221. The maximum Gasteiger partial charge on any atom is 0.278 e. The number of alkyl halides is 2. The van der Waals surface area contributed by atoms with Crippen LogP contribution in [0, 0.1) is 5.41 Å². The maximum absolute atomic E-state index is 13.5. The Morgan fingerprint density at radius 3 is 2.29 bits per heavy atom.